The third-order valence-corrected chi connectivity index (χ3v) is 3.63. The minimum Gasteiger partial charge on any atom is -0.497 e. The van der Waals surface area contributed by atoms with E-state index >= 15 is 0 Å². The molecule has 0 bridgehead atoms. The van der Waals surface area contributed by atoms with E-state index in [1.807, 2.05) is 24.3 Å². The van der Waals surface area contributed by atoms with Crippen LogP contribution in [0.5, 0.6) is 5.75 Å². The van der Waals surface area contributed by atoms with Crippen LogP contribution in [0.2, 0.25) is 0 Å². The molecular formula is C12H15NO3S. The van der Waals surface area contributed by atoms with Gasteiger partial charge in [-0.15, -0.1) is 11.8 Å². The normalized spacial score (nSPS) is 15.5. The van der Waals surface area contributed by atoms with Gasteiger partial charge < -0.3 is 14.7 Å². The van der Waals surface area contributed by atoms with Gasteiger partial charge >= 0.3 is 0 Å². The van der Waals surface area contributed by atoms with Crippen LogP contribution in [0.3, 0.4) is 0 Å². The van der Waals surface area contributed by atoms with E-state index in [9.17, 15) is 4.79 Å². The number of thioether (sulfide) groups is 1. The van der Waals surface area contributed by atoms with Crippen LogP contribution in [-0.2, 0) is 4.79 Å². The summed E-state index contributed by atoms with van der Waals surface area (Å²) in [5, 5.41) is 9.10. The van der Waals surface area contributed by atoms with Crippen LogP contribution in [0.25, 0.3) is 0 Å². The maximum Gasteiger partial charge on any atom is 0.233 e. The van der Waals surface area contributed by atoms with Crippen LogP contribution in [0.4, 0.5) is 0 Å². The molecule has 0 aromatic heterocycles. The summed E-state index contributed by atoms with van der Waals surface area (Å²) < 4.78 is 5.06. The van der Waals surface area contributed by atoms with E-state index < -0.39 is 0 Å². The number of carbonyl (C=O) groups excluding carboxylic acids is 1. The molecule has 1 aliphatic rings. The fourth-order valence-electron chi connectivity index (χ4n) is 1.57. The Balaban J connectivity index is 1.79. The molecule has 1 N–H and O–H groups in total. The molecule has 0 spiro atoms. The minimum absolute atomic E-state index is 0.0797. The quantitative estimate of drug-likeness (QED) is 0.813. The number of aliphatic hydroxyl groups excluding tert-OH is 1. The zero-order chi connectivity index (χ0) is 12.3. The predicted octanol–water partition coefficient (Wildman–Crippen LogP) is 0.990. The molecule has 17 heavy (non-hydrogen) atoms. The Labute approximate surface area is 105 Å². The van der Waals surface area contributed by atoms with E-state index in [1.54, 1.807) is 12.0 Å². The number of nitrogens with zero attached hydrogens (tertiary/aromatic N) is 1. The highest BCUT2D eigenvalue weighted by Gasteiger charge is 2.28. The lowest BCUT2D eigenvalue weighted by Gasteiger charge is -2.35. The second-order valence-corrected chi connectivity index (χ2v) is 4.97. The zero-order valence-electron chi connectivity index (χ0n) is 9.63. The van der Waals surface area contributed by atoms with Crippen molar-refractivity contribution in [3.63, 3.8) is 0 Å². The SMILES string of the molecule is COc1ccc(SCC(=O)N2CC(O)C2)cc1. The minimum atomic E-state index is -0.329. The number of ether oxygens (including phenoxy) is 1. The summed E-state index contributed by atoms with van der Waals surface area (Å²) in [4.78, 5) is 14.3. The van der Waals surface area contributed by atoms with Crippen LogP contribution >= 0.6 is 11.8 Å². The molecule has 1 fully saturated rings. The number of likely N-dealkylation sites (tertiary alicyclic amines) is 1. The summed E-state index contributed by atoms with van der Waals surface area (Å²) >= 11 is 1.50. The van der Waals surface area contributed by atoms with Gasteiger partial charge in [0.05, 0.1) is 19.0 Å². The van der Waals surface area contributed by atoms with Crippen molar-refractivity contribution in [2.75, 3.05) is 26.0 Å². The topological polar surface area (TPSA) is 49.8 Å². The van der Waals surface area contributed by atoms with Gasteiger partial charge in [-0.25, -0.2) is 0 Å². The highest BCUT2D eigenvalue weighted by Crippen LogP contribution is 2.22. The second kappa shape index (κ2) is 5.42. The summed E-state index contributed by atoms with van der Waals surface area (Å²) in [5.74, 6) is 1.31. The van der Waals surface area contributed by atoms with E-state index in [1.165, 1.54) is 11.8 Å². The largest absolute Gasteiger partial charge is 0.497 e. The van der Waals surface area contributed by atoms with E-state index in [0.29, 0.717) is 18.8 Å². The molecule has 1 saturated heterocycles. The number of methoxy groups -OCH3 is 1. The van der Waals surface area contributed by atoms with E-state index in [-0.39, 0.29) is 12.0 Å². The van der Waals surface area contributed by atoms with Crippen molar-refractivity contribution in [3.05, 3.63) is 24.3 Å². The molecular weight excluding hydrogens is 238 g/mol. The first-order valence-electron chi connectivity index (χ1n) is 5.41. The Bertz CT molecular complexity index is 387. The van der Waals surface area contributed by atoms with Gasteiger partial charge in [-0.3, -0.25) is 4.79 Å². The molecule has 1 heterocycles. The van der Waals surface area contributed by atoms with Crippen molar-refractivity contribution >= 4 is 17.7 Å². The van der Waals surface area contributed by atoms with Crippen molar-refractivity contribution < 1.29 is 14.6 Å². The molecule has 1 aromatic carbocycles. The lowest BCUT2D eigenvalue weighted by atomic mass is 10.2. The fraction of sp³-hybridized carbons (Fsp3) is 0.417. The molecule has 1 aliphatic heterocycles. The number of carbonyl (C=O) groups is 1. The van der Waals surface area contributed by atoms with Crippen molar-refractivity contribution in [2.45, 2.75) is 11.0 Å². The standard InChI is InChI=1S/C12H15NO3S/c1-16-10-2-4-11(5-3-10)17-8-12(15)13-6-9(14)7-13/h2-5,9,14H,6-8H2,1H3. The Hall–Kier alpha value is -1.20. The lowest BCUT2D eigenvalue weighted by Crippen LogP contribution is -2.54. The average molecular weight is 253 g/mol. The van der Waals surface area contributed by atoms with Crippen molar-refractivity contribution in [3.8, 4) is 5.75 Å². The van der Waals surface area contributed by atoms with Crippen molar-refractivity contribution in [1.82, 2.24) is 4.90 Å². The van der Waals surface area contributed by atoms with Gasteiger partial charge in [0.15, 0.2) is 0 Å². The Morgan fingerprint density at radius 1 is 1.47 bits per heavy atom. The highest BCUT2D eigenvalue weighted by molar-refractivity contribution is 8.00. The first-order chi connectivity index (χ1) is 8.19. The number of rotatable bonds is 4. The number of amides is 1. The van der Waals surface area contributed by atoms with E-state index in [2.05, 4.69) is 0 Å². The molecule has 0 aliphatic carbocycles. The highest BCUT2D eigenvalue weighted by atomic mass is 32.2. The Morgan fingerprint density at radius 2 is 2.12 bits per heavy atom. The number of benzene rings is 1. The fourth-order valence-corrected chi connectivity index (χ4v) is 2.37. The summed E-state index contributed by atoms with van der Waals surface area (Å²) in [5.41, 5.74) is 0. The molecule has 2 rings (SSSR count). The smallest absolute Gasteiger partial charge is 0.233 e. The Morgan fingerprint density at radius 3 is 2.65 bits per heavy atom. The molecule has 1 amide bonds. The molecule has 0 unspecified atom stereocenters. The third-order valence-electron chi connectivity index (χ3n) is 2.64. The van der Waals surface area contributed by atoms with Gasteiger partial charge in [-0.2, -0.15) is 0 Å². The van der Waals surface area contributed by atoms with Crippen LogP contribution in [0.1, 0.15) is 0 Å². The molecule has 0 saturated carbocycles. The lowest BCUT2D eigenvalue weighted by molar-refractivity contribution is -0.138. The molecule has 1 aromatic rings. The Kier molecular flexibility index (Phi) is 3.91. The van der Waals surface area contributed by atoms with Gasteiger partial charge in [0.2, 0.25) is 5.91 Å². The van der Waals surface area contributed by atoms with Crippen LogP contribution in [-0.4, -0.2) is 48.0 Å². The van der Waals surface area contributed by atoms with Crippen molar-refractivity contribution in [1.29, 1.82) is 0 Å². The number of aliphatic hydroxyl groups is 1. The third kappa shape index (κ3) is 3.14. The molecule has 4 nitrogen and oxygen atoms in total. The van der Waals surface area contributed by atoms with Gasteiger partial charge in [0.1, 0.15) is 5.75 Å². The summed E-state index contributed by atoms with van der Waals surface area (Å²) in [6.45, 7) is 0.948. The zero-order valence-corrected chi connectivity index (χ0v) is 10.4. The van der Waals surface area contributed by atoms with E-state index in [0.717, 1.165) is 10.6 Å². The first-order valence-corrected chi connectivity index (χ1v) is 6.40. The van der Waals surface area contributed by atoms with E-state index in [4.69, 9.17) is 9.84 Å². The molecule has 0 radical (unpaired) electrons. The van der Waals surface area contributed by atoms with Gasteiger partial charge in [-0.1, -0.05) is 0 Å². The number of β-amino-alcohol motifs (C(OH)–C–C–N with tert-alkyl or cyclic N) is 1. The van der Waals surface area contributed by atoms with Crippen LogP contribution < -0.4 is 4.74 Å². The van der Waals surface area contributed by atoms with Gasteiger partial charge in [0.25, 0.3) is 0 Å². The summed E-state index contributed by atoms with van der Waals surface area (Å²) in [6, 6.07) is 7.61. The summed E-state index contributed by atoms with van der Waals surface area (Å²) in [6.07, 6.45) is -0.329. The molecule has 0 atom stereocenters. The van der Waals surface area contributed by atoms with Crippen LogP contribution in [0, 0.1) is 0 Å². The maximum atomic E-state index is 11.6. The maximum absolute atomic E-state index is 11.6. The second-order valence-electron chi connectivity index (χ2n) is 3.92. The van der Waals surface area contributed by atoms with Crippen molar-refractivity contribution in [2.24, 2.45) is 0 Å². The average Bonchev–Trinajstić information content (AvgIpc) is 2.32. The number of hydrogen-bond acceptors (Lipinski definition) is 4. The first kappa shape index (κ1) is 12.3. The predicted molar refractivity (Wildman–Crippen MR) is 66.3 cm³/mol. The molecule has 92 valence electrons. The monoisotopic (exact) mass is 253 g/mol. The van der Waals surface area contributed by atoms with Gasteiger partial charge in [-0.05, 0) is 24.3 Å². The summed E-state index contributed by atoms with van der Waals surface area (Å²) in [7, 11) is 1.63. The molecule has 5 heteroatoms. The van der Waals surface area contributed by atoms with Crippen LogP contribution in [0.15, 0.2) is 29.2 Å². The number of hydrogen-bond donors (Lipinski definition) is 1. The van der Waals surface area contributed by atoms with Gasteiger partial charge in [0, 0.05) is 18.0 Å².